The van der Waals surface area contributed by atoms with Crippen LogP contribution < -0.4 is 5.32 Å². The van der Waals surface area contributed by atoms with Crippen LogP contribution in [0.3, 0.4) is 0 Å². The number of esters is 1. The summed E-state index contributed by atoms with van der Waals surface area (Å²) in [5, 5.41) is 14.1. The van der Waals surface area contributed by atoms with Gasteiger partial charge in [-0.3, -0.25) is 14.9 Å². The smallest absolute Gasteiger partial charge is 0.340 e. The van der Waals surface area contributed by atoms with E-state index in [1.807, 2.05) is 0 Å². The van der Waals surface area contributed by atoms with Gasteiger partial charge in [0.25, 0.3) is 5.69 Å². The van der Waals surface area contributed by atoms with Gasteiger partial charge in [-0.05, 0) is 38.1 Å². The number of nitrogens with zero attached hydrogens (tertiary/aromatic N) is 1. The lowest BCUT2D eigenvalue weighted by Crippen LogP contribution is -2.08. The molecule has 24 heavy (non-hydrogen) atoms. The van der Waals surface area contributed by atoms with Gasteiger partial charge >= 0.3 is 5.97 Å². The van der Waals surface area contributed by atoms with Gasteiger partial charge in [0.1, 0.15) is 5.69 Å². The Morgan fingerprint density at radius 2 is 1.88 bits per heavy atom. The lowest BCUT2D eigenvalue weighted by molar-refractivity contribution is -0.383. The van der Waals surface area contributed by atoms with Crippen molar-refractivity contribution in [3.05, 3.63) is 63.7 Å². The van der Waals surface area contributed by atoms with Crippen LogP contribution in [0.5, 0.6) is 0 Å². The van der Waals surface area contributed by atoms with Crippen molar-refractivity contribution in [3.8, 4) is 0 Å². The zero-order chi connectivity index (χ0) is 17.7. The van der Waals surface area contributed by atoms with Crippen LogP contribution >= 0.6 is 0 Å². The summed E-state index contributed by atoms with van der Waals surface area (Å²) in [6, 6.07) is 10.7. The van der Waals surface area contributed by atoms with Gasteiger partial charge in [-0.2, -0.15) is 0 Å². The molecule has 0 aromatic heterocycles. The topological polar surface area (TPSA) is 98.5 Å². The van der Waals surface area contributed by atoms with E-state index in [1.54, 1.807) is 31.2 Å². The number of hydrogen-bond acceptors (Lipinski definition) is 6. The second-order valence-corrected chi connectivity index (χ2v) is 4.94. The van der Waals surface area contributed by atoms with E-state index in [2.05, 4.69) is 5.32 Å². The maximum atomic E-state index is 12.0. The van der Waals surface area contributed by atoms with Crippen LogP contribution in [-0.2, 0) is 4.74 Å². The molecule has 0 bridgehead atoms. The van der Waals surface area contributed by atoms with Crippen LogP contribution in [0.2, 0.25) is 0 Å². The van der Waals surface area contributed by atoms with Crippen LogP contribution in [-0.4, -0.2) is 23.3 Å². The number of ketones is 1. The summed E-state index contributed by atoms with van der Waals surface area (Å²) in [4.78, 5) is 34.1. The molecule has 0 aliphatic carbocycles. The highest BCUT2D eigenvalue weighted by atomic mass is 16.6. The summed E-state index contributed by atoms with van der Waals surface area (Å²) < 4.78 is 4.98. The first-order valence-electron chi connectivity index (χ1n) is 7.26. The average Bonchev–Trinajstić information content (AvgIpc) is 2.55. The molecule has 0 aliphatic heterocycles. The minimum Gasteiger partial charge on any atom is -0.462 e. The molecule has 0 heterocycles. The highest BCUT2D eigenvalue weighted by Gasteiger charge is 2.19. The van der Waals surface area contributed by atoms with E-state index < -0.39 is 10.9 Å². The molecule has 0 saturated carbocycles. The number of Topliss-reactive ketones (excluding diaryl/α,β-unsaturated/α-hetero) is 1. The zero-order valence-corrected chi connectivity index (χ0v) is 13.2. The van der Waals surface area contributed by atoms with Crippen molar-refractivity contribution in [2.75, 3.05) is 11.9 Å². The molecule has 0 amide bonds. The first kappa shape index (κ1) is 17.1. The number of nitro groups is 1. The number of carbonyl (C=O) groups is 2. The van der Waals surface area contributed by atoms with Gasteiger partial charge in [-0.1, -0.05) is 12.1 Å². The second kappa shape index (κ2) is 7.36. The Bertz CT molecular complexity index is 801. The second-order valence-electron chi connectivity index (χ2n) is 4.94. The molecule has 2 rings (SSSR count). The summed E-state index contributed by atoms with van der Waals surface area (Å²) in [5.41, 5.74) is 0.827. The summed E-state index contributed by atoms with van der Waals surface area (Å²) in [6.07, 6.45) is 0. The predicted molar refractivity (Wildman–Crippen MR) is 88.8 cm³/mol. The molecule has 0 radical (unpaired) electrons. The molecule has 0 spiro atoms. The Labute approximate surface area is 138 Å². The zero-order valence-electron chi connectivity index (χ0n) is 13.2. The van der Waals surface area contributed by atoms with E-state index in [9.17, 15) is 19.7 Å². The minimum atomic E-state index is -0.582. The lowest BCUT2D eigenvalue weighted by atomic mass is 10.1. The number of carbonyl (C=O) groups excluding carboxylic acids is 2. The van der Waals surface area contributed by atoms with Crippen molar-refractivity contribution in [1.82, 2.24) is 0 Å². The van der Waals surface area contributed by atoms with E-state index in [0.717, 1.165) is 0 Å². The highest BCUT2D eigenvalue weighted by Crippen LogP contribution is 2.30. The summed E-state index contributed by atoms with van der Waals surface area (Å²) in [7, 11) is 0. The lowest BCUT2D eigenvalue weighted by Gasteiger charge is -2.12. The van der Waals surface area contributed by atoms with E-state index in [4.69, 9.17) is 4.74 Å². The SMILES string of the molecule is CCOC(=O)c1ccccc1Nc1ccc(C(C)=O)cc1[N+](=O)[O-]. The number of anilines is 2. The van der Waals surface area contributed by atoms with Gasteiger partial charge in [-0.25, -0.2) is 4.79 Å². The normalized spacial score (nSPS) is 10.1. The standard InChI is InChI=1S/C17H16N2O5/c1-3-24-17(21)13-6-4-5-7-14(13)18-15-9-8-12(11(2)20)10-16(15)19(22)23/h4-10,18H,3H2,1-2H3. The van der Waals surface area contributed by atoms with Crippen molar-refractivity contribution in [1.29, 1.82) is 0 Å². The van der Waals surface area contributed by atoms with Crippen LogP contribution in [0.25, 0.3) is 0 Å². The Hall–Kier alpha value is -3.22. The van der Waals surface area contributed by atoms with Crippen molar-refractivity contribution < 1.29 is 19.2 Å². The highest BCUT2D eigenvalue weighted by molar-refractivity contribution is 5.98. The van der Waals surface area contributed by atoms with Gasteiger partial charge in [0, 0.05) is 11.6 Å². The fourth-order valence-electron chi connectivity index (χ4n) is 2.13. The van der Waals surface area contributed by atoms with Gasteiger partial charge in [0.05, 0.1) is 22.8 Å². The van der Waals surface area contributed by atoms with E-state index in [-0.39, 0.29) is 34.9 Å². The van der Waals surface area contributed by atoms with Crippen molar-refractivity contribution in [2.24, 2.45) is 0 Å². The number of hydrogen-bond donors (Lipinski definition) is 1. The maximum Gasteiger partial charge on any atom is 0.340 e. The molecule has 0 atom stereocenters. The van der Waals surface area contributed by atoms with Gasteiger partial charge < -0.3 is 10.1 Å². The molecule has 2 aromatic rings. The fraction of sp³-hybridized carbons (Fsp3) is 0.176. The van der Waals surface area contributed by atoms with Gasteiger partial charge in [0.2, 0.25) is 0 Å². The third kappa shape index (κ3) is 3.75. The Morgan fingerprint density at radius 1 is 1.17 bits per heavy atom. The quantitative estimate of drug-likeness (QED) is 0.375. The van der Waals surface area contributed by atoms with Crippen LogP contribution in [0.4, 0.5) is 17.1 Å². The predicted octanol–water partition coefficient (Wildman–Crippen LogP) is 3.72. The molecule has 1 N–H and O–H groups in total. The molecule has 7 nitrogen and oxygen atoms in total. The van der Waals surface area contributed by atoms with Gasteiger partial charge in [0.15, 0.2) is 5.78 Å². The number of nitrogens with one attached hydrogen (secondary N) is 1. The molecule has 0 unspecified atom stereocenters. The van der Waals surface area contributed by atoms with E-state index >= 15 is 0 Å². The third-order valence-electron chi connectivity index (χ3n) is 3.29. The average molecular weight is 328 g/mol. The van der Waals surface area contributed by atoms with Gasteiger partial charge in [-0.15, -0.1) is 0 Å². The van der Waals surface area contributed by atoms with Crippen molar-refractivity contribution in [2.45, 2.75) is 13.8 Å². The van der Waals surface area contributed by atoms with E-state index in [0.29, 0.717) is 5.69 Å². The maximum absolute atomic E-state index is 12.0. The molecular weight excluding hydrogens is 312 g/mol. The van der Waals surface area contributed by atoms with Crippen molar-refractivity contribution in [3.63, 3.8) is 0 Å². The molecule has 0 aliphatic rings. The van der Waals surface area contributed by atoms with Crippen molar-refractivity contribution >= 4 is 28.8 Å². The minimum absolute atomic E-state index is 0.182. The number of rotatable bonds is 6. The number of nitro benzene ring substituents is 1. The van der Waals surface area contributed by atoms with Crippen LogP contribution in [0, 0.1) is 10.1 Å². The first-order valence-corrected chi connectivity index (χ1v) is 7.26. The monoisotopic (exact) mass is 328 g/mol. The number of ether oxygens (including phenoxy) is 1. The Morgan fingerprint density at radius 3 is 2.50 bits per heavy atom. The first-order chi connectivity index (χ1) is 11.4. The van der Waals surface area contributed by atoms with Crippen LogP contribution in [0.1, 0.15) is 34.6 Å². The van der Waals surface area contributed by atoms with Crippen LogP contribution in [0.15, 0.2) is 42.5 Å². The molecule has 2 aromatic carbocycles. The summed E-state index contributed by atoms with van der Waals surface area (Å²) in [5.74, 6) is -0.791. The summed E-state index contributed by atoms with van der Waals surface area (Å²) in [6.45, 7) is 3.25. The molecule has 124 valence electrons. The number of para-hydroxylation sites is 1. The molecule has 0 fully saturated rings. The molecule has 7 heteroatoms. The number of benzene rings is 2. The Balaban J connectivity index is 2.43. The fourth-order valence-corrected chi connectivity index (χ4v) is 2.13. The largest absolute Gasteiger partial charge is 0.462 e. The summed E-state index contributed by atoms with van der Waals surface area (Å²) >= 11 is 0. The molecule has 0 saturated heterocycles. The Kier molecular flexibility index (Phi) is 5.26. The van der Waals surface area contributed by atoms with E-state index in [1.165, 1.54) is 25.1 Å². The third-order valence-corrected chi connectivity index (χ3v) is 3.29. The molecular formula is C17H16N2O5.